The van der Waals surface area contributed by atoms with Gasteiger partial charge >= 0.3 is 0 Å². The normalized spacial score (nSPS) is 10.6. The molecule has 0 heterocycles. The molecule has 110 valence electrons. The lowest BCUT2D eigenvalue weighted by atomic mass is 10.1. The maximum absolute atomic E-state index is 11.9. The molecule has 0 spiro atoms. The summed E-state index contributed by atoms with van der Waals surface area (Å²) in [6.45, 7) is 0. The van der Waals surface area contributed by atoms with Crippen molar-refractivity contribution >= 4 is 17.7 Å². The van der Waals surface area contributed by atoms with E-state index in [4.69, 9.17) is 10.3 Å². The Balaban J connectivity index is 2.88. The van der Waals surface area contributed by atoms with E-state index < -0.39 is 23.8 Å². The van der Waals surface area contributed by atoms with Gasteiger partial charge in [0.05, 0.1) is 0 Å². The molecule has 21 heavy (non-hydrogen) atoms. The molecule has 1 atom stereocenters. The highest BCUT2D eigenvalue weighted by Crippen LogP contribution is 2.04. The number of hydrogen-bond acceptors (Lipinski definition) is 5. The minimum Gasteiger partial charge on any atom is -0.462 e. The lowest BCUT2D eigenvalue weighted by Gasteiger charge is -2.15. The fourth-order valence-corrected chi connectivity index (χ4v) is 1.44. The molecule has 0 aliphatic carbocycles. The molecule has 0 aromatic heterocycles. The van der Waals surface area contributed by atoms with Crippen LogP contribution < -0.4 is 16.1 Å². The minimum absolute atomic E-state index is 0.179. The SMILES string of the molecule is CNC(=O)C(NC(=O)c1ccc(C#CO)cc1)C(=O)NO. The highest BCUT2D eigenvalue weighted by molar-refractivity contribution is 6.08. The third-order valence-electron chi connectivity index (χ3n) is 2.50. The molecule has 0 bridgehead atoms. The van der Waals surface area contributed by atoms with Crippen LogP contribution in [0.5, 0.6) is 0 Å². The summed E-state index contributed by atoms with van der Waals surface area (Å²) in [5.74, 6) is -0.147. The average Bonchev–Trinajstić information content (AvgIpc) is 2.52. The van der Waals surface area contributed by atoms with Crippen LogP contribution in [0.3, 0.4) is 0 Å². The Labute approximate surface area is 120 Å². The van der Waals surface area contributed by atoms with Crippen LogP contribution >= 0.6 is 0 Å². The molecule has 0 saturated carbocycles. The lowest BCUT2D eigenvalue weighted by Crippen LogP contribution is -2.54. The standard InChI is InChI=1S/C13H13N3O5/c1-14-12(19)10(13(20)16-21)15-11(18)9-4-2-8(3-5-9)6-7-17/h2-5,10,17,21H,1H3,(H,14,19)(H,15,18)(H,16,20). The number of benzene rings is 1. The molecule has 8 heteroatoms. The molecule has 5 N–H and O–H groups in total. The zero-order chi connectivity index (χ0) is 15.8. The predicted octanol–water partition coefficient (Wildman–Crippen LogP) is -1.28. The number of rotatable bonds is 4. The molecule has 8 nitrogen and oxygen atoms in total. The van der Waals surface area contributed by atoms with E-state index in [2.05, 4.69) is 16.6 Å². The molecule has 0 aliphatic rings. The summed E-state index contributed by atoms with van der Waals surface area (Å²) >= 11 is 0. The monoisotopic (exact) mass is 291 g/mol. The number of amides is 3. The molecule has 0 radical (unpaired) electrons. The van der Waals surface area contributed by atoms with Crippen molar-refractivity contribution in [2.24, 2.45) is 0 Å². The first kappa shape index (κ1) is 16.0. The van der Waals surface area contributed by atoms with Crippen molar-refractivity contribution in [2.45, 2.75) is 6.04 Å². The van der Waals surface area contributed by atoms with Crippen molar-refractivity contribution in [1.29, 1.82) is 0 Å². The summed E-state index contributed by atoms with van der Waals surface area (Å²) < 4.78 is 0. The number of likely N-dealkylation sites (N-methyl/N-ethyl adjacent to an activating group) is 1. The Morgan fingerprint density at radius 1 is 1.14 bits per heavy atom. The van der Waals surface area contributed by atoms with Crippen molar-refractivity contribution in [3.05, 3.63) is 35.4 Å². The second-order valence-corrected chi connectivity index (χ2v) is 3.81. The van der Waals surface area contributed by atoms with Crippen LogP contribution in [-0.2, 0) is 9.59 Å². The summed E-state index contributed by atoms with van der Waals surface area (Å²) in [4.78, 5) is 34.7. The van der Waals surface area contributed by atoms with Crippen LogP contribution in [0.25, 0.3) is 0 Å². The number of carbonyl (C=O) groups is 3. The number of aliphatic hydroxyl groups is 1. The van der Waals surface area contributed by atoms with Crippen molar-refractivity contribution in [3.63, 3.8) is 0 Å². The van der Waals surface area contributed by atoms with Crippen molar-refractivity contribution < 1.29 is 24.7 Å². The van der Waals surface area contributed by atoms with Crippen LogP contribution in [-0.4, -0.2) is 41.1 Å². The first-order valence-electron chi connectivity index (χ1n) is 5.75. The second-order valence-electron chi connectivity index (χ2n) is 3.81. The van der Waals surface area contributed by atoms with Gasteiger partial charge in [0.2, 0.25) is 0 Å². The van der Waals surface area contributed by atoms with Gasteiger partial charge in [-0.2, -0.15) is 0 Å². The highest BCUT2D eigenvalue weighted by atomic mass is 16.5. The average molecular weight is 291 g/mol. The second kappa shape index (κ2) is 7.52. The van der Waals surface area contributed by atoms with Crippen molar-refractivity contribution in [3.8, 4) is 12.0 Å². The van der Waals surface area contributed by atoms with E-state index >= 15 is 0 Å². The number of carbonyl (C=O) groups excluding carboxylic acids is 3. The third-order valence-corrected chi connectivity index (χ3v) is 2.50. The van der Waals surface area contributed by atoms with E-state index in [1.807, 2.05) is 0 Å². The lowest BCUT2D eigenvalue weighted by molar-refractivity contribution is -0.137. The predicted molar refractivity (Wildman–Crippen MR) is 70.5 cm³/mol. The zero-order valence-corrected chi connectivity index (χ0v) is 11.0. The molecule has 0 saturated heterocycles. The van der Waals surface area contributed by atoms with Gasteiger partial charge in [0.15, 0.2) is 6.04 Å². The molecule has 3 amide bonds. The molecule has 1 aromatic rings. The van der Waals surface area contributed by atoms with Crippen LogP contribution in [0.1, 0.15) is 15.9 Å². The molecule has 1 aromatic carbocycles. The first-order valence-corrected chi connectivity index (χ1v) is 5.75. The quantitative estimate of drug-likeness (QED) is 0.204. The highest BCUT2D eigenvalue weighted by Gasteiger charge is 2.27. The minimum atomic E-state index is -1.57. The van der Waals surface area contributed by atoms with Gasteiger partial charge < -0.3 is 15.7 Å². The van der Waals surface area contributed by atoms with Crippen LogP contribution in [0.2, 0.25) is 0 Å². The van der Waals surface area contributed by atoms with E-state index in [0.717, 1.165) is 0 Å². The molecular weight excluding hydrogens is 278 g/mol. The largest absolute Gasteiger partial charge is 0.462 e. The van der Waals surface area contributed by atoms with Crippen LogP contribution in [0.4, 0.5) is 0 Å². The van der Waals surface area contributed by atoms with Gasteiger partial charge in [0.1, 0.15) is 6.11 Å². The summed E-state index contributed by atoms with van der Waals surface area (Å²) in [5, 5.41) is 21.4. The maximum atomic E-state index is 11.9. The maximum Gasteiger partial charge on any atom is 0.275 e. The first-order chi connectivity index (χ1) is 10.0. The molecular formula is C13H13N3O5. The number of nitrogens with one attached hydrogen (secondary N) is 3. The Morgan fingerprint density at radius 3 is 2.24 bits per heavy atom. The van der Waals surface area contributed by atoms with Gasteiger partial charge in [0, 0.05) is 18.2 Å². The van der Waals surface area contributed by atoms with E-state index in [9.17, 15) is 14.4 Å². The molecule has 1 rings (SSSR count). The van der Waals surface area contributed by atoms with E-state index in [0.29, 0.717) is 5.56 Å². The van der Waals surface area contributed by atoms with Gasteiger partial charge in [-0.25, -0.2) is 5.48 Å². The molecule has 1 unspecified atom stereocenters. The molecule has 0 fully saturated rings. The van der Waals surface area contributed by atoms with Gasteiger partial charge in [-0.15, -0.1) is 0 Å². The third kappa shape index (κ3) is 4.22. The smallest absolute Gasteiger partial charge is 0.275 e. The summed E-state index contributed by atoms with van der Waals surface area (Å²) in [6.07, 6.45) is 1.73. The summed E-state index contributed by atoms with van der Waals surface area (Å²) in [5.41, 5.74) is 1.97. The number of hydroxylamine groups is 1. The Hall–Kier alpha value is -3.05. The summed E-state index contributed by atoms with van der Waals surface area (Å²) in [6, 6.07) is 4.22. The van der Waals surface area contributed by atoms with Crippen LogP contribution in [0, 0.1) is 12.0 Å². The van der Waals surface area contributed by atoms with Gasteiger partial charge in [-0.1, -0.05) is 0 Å². The van der Waals surface area contributed by atoms with Gasteiger partial charge in [-0.05, 0) is 30.2 Å². The summed E-state index contributed by atoms with van der Waals surface area (Å²) in [7, 11) is 1.29. The topological polar surface area (TPSA) is 128 Å². The Bertz CT molecular complexity index is 584. The number of aliphatic hydroxyl groups excluding tert-OH is 1. The fraction of sp³-hybridized carbons (Fsp3) is 0.154. The van der Waals surface area contributed by atoms with E-state index in [1.165, 1.54) is 36.8 Å². The zero-order valence-electron chi connectivity index (χ0n) is 11.0. The van der Waals surface area contributed by atoms with E-state index in [-0.39, 0.29) is 5.56 Å². The number of hydrogen-bond donors (Lipinski definition) is 5. The fourth-order valence-electron chi connectivity index (χ4n) is 1.44. The van der Waals surface area contributed by atoms with Gasteiger partial charge in [0.25, 0.3) is 17.7 Å². The van der Waals surface area contributed by atoms with Crippen molar-refractivity contribution in [1.82, 2.24) is 16.1 Å². The van der Waals surface area contributed by atoms with Crippen molar-refractivity contribution in [2.75, 3.05) is 7.05 Å². The Kier molecular flexibility index (Phi) is 5.73. The van der Waals surface area contributed by atoms with Gasteiger partial charge in [-0.3, -0.25) is 19.6 Å². The van der Waals surface area contributed by atoms with Crippen LogP contribution in [0.15, 0.2) is 24.3 Å². The molecule has 0 aliphatic heterocycles. The Morgan fingerprint density at radius 2 is 1.76 bits per heavy atom. The van der Waals surface area contributed by atoms with E-state index in [1.54, 1.807) is 6.11 Å².